The first-order valence-electron chi connectivity index (χ1n) is 9.91. The third kappa shape index (κ3) is 4.73. The van der Waals surface area contributed by atoms with Gasteiger partial charge in [0.2, 0.25) is 0 Å². The van der Waals surface area contributed by atoms with Gasteiger partial charge < -0.3 is 9.97 Å². The summed E-state index contributed by atoms with van der Waals surface area (Å²) < 4.78 is 98.6. The third-order valence-corrected chi connectivity index (χ3v) is 8.17. The van der Waals surface area contributed by atoms with Crippen molar-refractivity contribution in [2.45, 2.75) is 19.6 Å². The van der Waals surface area contributed by atoms with Crippen LogP contribution in [0, 0.1) is 0 Å². The van der Waals surface area contributed by atoms with E-state index in [1.54, 1.807) is 30.3 Å². The quantitative estimate of drug-likeness (QED) is 0.131. The zero-order chi connectivity index (χ0) is 26.9. The van der Waals surface area contributed by atoms with Crippen LogP contribution >= 0.6 is 12.6 Å². The molecule has 0 bridgehead atoms. The molecule has 0 amide bonds. The van der Waals surface area contributed by atoms with Crippen LogP contribution in [0.15, 0.2) is 68.1 Å². The lowest BCUT2D eigenvalue weighted by Crippen LogP contribution is -2.04. The molecule has 3 aromatic carbocycles. The van der Waals surface area contributed by atoms with Crippen molar-refractivity contribution in [3.63, 3.8) is 0 Å². The van der Waals surface area contributed by atoms with Crippen molar-refractivity contribution in [3.05, 3.63) is 48.5 Å². The number of thiol groups is 1. The number of nitrogens with one attached hydrogen (secondary N) is 2. The second-order valence-electron chi connectivity index (χ2n) is 7.83. The van der Waals surface area contributed by atoms with Crippen LogP contribution in [0.5, 0.6) is 0 Å². The Labute approximate surface area is 214 Å². The van der Waals surface area contributed by atoms with E-state index < -0.39 is 45.0 Å². The van der Waals surface area contributed by atoms with Gasteiger partial charge in [0.05, 0.1) is 15.9 Å². The van der Waals surface area contributed by atoms with Gasteiger partial charge >= 0.3 is 0 Å². The van der Waals surface area contributed by atoms with Crippen LogP contribution in [0.25, 0.3) is 44.8 Å². The molecule has 0 aliphatic carbocycles. The molecule has 37 heavy (non-hydrogen) atoms. The normalized spacial score (nSPS) is 13.0. The highest BCUT2D eigenvalue weighted by Gasteiger charge is 2.23. The molecule has 17 heteroatoms. The Balaban J connectivity index is 1.60. The smallest absolute Gasteiger partial charge is 0.296 e. The summed E-state index contributed by atoms with van der Waals surface area (Å²) in [7, 11) is -14.2. The van der Waals surface area contributed by atoms with E-state index in [9.17, 15) is 38.9 Å². The zero-order valence-corrected chi connectivity index (χ0v) is 21.3. The number of aromatic nitrogens is 4. The molecule has 0 fully saturated rings. The molecule has 5 rings (SSSR count). The van der Waals surface area contributed by atoms with E-state index in [1.807, 2.05) is 0 Å². The Bertz CT molecular complexity index is 2060. The first-order valence-corrected chi connectivity index (χ1v) is 14.7. The number of hydrogen-bond donors (Lipinski definition) is 6. The summed E-state index contributed by atoms with van der Waals surface area (Å²) in [4.78, 5) is 12.5. The van der Waals surface area contributed by atoms with E-state index in [1.165, 1.54) is 6.07 Å². The highest BCUT2D eigenvalue weighted by Crippen LogP contribution is 2.31. The van der Waals surface area contributed by atoms with E-state index in [-0.39, 0.29) is 33.1 Å². The number of fused-ring (bicyclic) bond motifs is 2. The molecule has 5 aromatic rings. The van der Waals surface area contributed by atoms with Crippen molar-refractivity contribution in [2.24, 2.45) is 0 Å². The van der Waals surface area contributed by atoms with Crippen molar-refractivity contribution >= 4 is 65.0 Å². The Morgan fingerprint density at radius 2 is 1.05 bits per heavy atom. The van der Waals surface area contributed by atoms with Crippen LogP contribution in [0.3, 0.4) is 0 Å². The van der Waals surface area contributed by atoms with Gasteiger partial charge in [-0.2, -0.15) is 25.3 Å². The molecule has 0 radical (unpaired) electrons. The third-order valence-electron chi connectivity index (χ3n) is 5.35. The summed E-state index contributed by atoms with van der Waals surface area (Å²) in [5.41, 5.74) is 0.978. The predicted molar refractivity (Wildman–Crippen MR) is 133 cm³/mol. The fourth-order valence-electron chi connectivity index (χ4n) is 3.73. The number of hydrogen-bond acceptors (Lipinski definition) is 9. The van der Waals surface area contributed by atoms with Crippen molar-refractivity contribution < 1.29 is 38.9 Å². The minimum atomic E-state index is -4.89. The molecule has 2 heterocycles. The molecule has 0 aliphatic heterocycles. The summed E-state index contributed by atoms with van der Waals surface area (Å²) >= 11 is 4.15. The summed E-state index contributed by atoms with van der Waals surface area (Å²) in [5, 5.41) is 0. The second kappa shape index (κ2) is 8.35. The molecule has 2 aromatic heterocycles. The number of aromatic amines is 2. The van der Waals surface area contributed by atoms with E-state index in [4.69, 9.17) is 0 Å². The lowest BCUT2D eigenvalue weighted by Gasteiger charge is -2.02. The standard InChI is InChI=1S/C20H14N4O9S4/c25-35(26,27)12-7-14-18(16(8-12)37(31,32)33)24-20(22-14)10-3-1-9(2-4-10)19-21-13-5-11(34)6-15(17(13)23-19)36(28,29)30/h1-8,34H,(H,21,23)(H,22,24)(H,25,26,27)(H,28,29,30)(H,31,32,33). The molecule has 13 nitrogen and oxygen atoms in total. The highest BCUT2D eigenvalue weighted by atomic mass is 32.2. The SMILES string of the molecule is O=S(=O)(O)c1cc(S(=O)(=O)O)c2nc(-c3ccc(-c4nc5c(S(=O)(=O)O)cc(S)cc5[nH]4)cc3)[nH]c2c1. The van der Waals surface area contributed by atoms with E-state index >= 15 is 0 Å². The van der Waals surface area contributed by atoms with Crippen molar-refractivity contribution in [1.82, 2.24) is 19.9 Å². The van der Waals surface area contributed by atoms with E-state index in [2.05, 4.69) is 32.6 Å². The van der Waals surface area contributed by atoms with Crippen molar-refractivity contribution in [2.75, 3.05) is 0 Å². The van der Waals surface area contributed by atoms with Crippen LogP contribution in [-0.2, 0) is 30.4 Å². The highest BCUT2D eigenvalue weighted by molar-refractivity contribution is 7.87. The van der Waals surface area contributed by atoms with Gasteiger partial charge in [-0.15, -0.1) is 12.6 Å². The largest absolute Gasteiger partial charge is 0.338 e. The summed E-state index contributed by atoms with van der Waals surface area (Å²) in [6, 6.07) is 10.6. The first kappa shape index (κ1) is 25.3. The maximum atomic E-state index is 11.8. The van der Waals surface area contributed by atoms with Crippen molar-refractivity contribution in [1.29, 1.82) is 0 Å². The minimum absolute atomic E-state index is 0.0176. The average Bonchev–Trinajstić information content (AvgIpc) is 3.40. The zero-order valence-electron chi connectivity index (χ0n) is 18.0. The van der Waals surface area contributed by atoms with E-state index in [0.717, 1.165) is 6.07 Å². The fourth-order valence-corrected chi connectivity index (χ4v) is 6.04. The van der Waals surface area contributed by atoms with Gasteiger partial charge in [0.15, 0.2) is 0 Å². The number of H-pyrrole nitrogens is 2. The Morgan fingerprint density at radius 1 is 0.622 bits per heavy atom. The van der Waals surface area contributed by atoms with Crippen molar-refractivity contribution in [3.8, 4) is 22.8 Å². The molecule has 5 N–H and O–H groups in total. The fraction of sp³-hybridized carbons (Fsp3) is 0. The Kier molecular flexibility index (Phi) is 5.72. The lowest BCUT2D eigenvalue weighted by molar-refractivity contribution is 0.479. The van der Waals surface area contributed by atoms with Crippen LogP contribution < -0.4 is 0 Å². The van der Waals surface area contributed by atoms with Gasteiger partial charge in [0.25, 0.3) is 30.4 Å². The minimum Gasteiger partial charge on any atom is -0.338 e. The topological polar surface area (TPSA) is 220 Å². The maximum Gasteiger partial charge on any atom is 0.296 e. The summed E-state index contributed by atoms with van der Waals surface area (Å²) in [6.07, 6.45) is 0. The van der Waals surface area contributed by atoms with Gasteiger partial charge in [0, 0.05) is 16.0 Å². The lowest BCUT2D eigenvalue weighted by atomic mass is 10.1. The number of benzene rings is 3. The van der Waals surface area contributed by atoms with Gasteiger partial charge in [0.1, 0.15) is 32.5 Å². The van der Waals surface area contributed by atoms with Gasteiger partial charge in [-0.3, -0.25) is 13.7 Å². The second-order valence-corrected chi connectivity index (χ2v) is 12.5. The molecular weight excluding hydrogens is 569 g/mol. The molecule has 0 atom stereocenters. The molecule has 0 saturated heterocycles. The predicted octanol–water partition coefficient (Wildman–Crippen LogP) is 2.80. The maximum absolute atomic E-state index is 11.8. The molecule has 0 aliphatic rings. The summed E-state index contributed by atoms with van der Waals surface area (Å²) in [6.45, 7) is 0. The van der Waals surface area contributed by atoms with E-state index in [0.29, 0.717) is 22.7 Å². The number of imidazole rings is 2. The molecule has 192 valence electrons. The number of rotatable bonds is 5. The van der Waals surface area contributed by atoms with Crippen LogP contribution in [0.1, 0.15) is 0 Å². The Morgan fingerprint density at radius 3 is 1.49 bits per heavy atom. The Hall–Kier alpha value is -3.32. The number of nitrogens with zero attached hydrogens (tertiary/aromatic N) is 2. The van der Waals surface area contributed by atoms with Crippen LogP contribution in [-0.4, -0.2) is 58.8 Å². The molecule has 0 spiro atoms. The monoisotopic (exact) mass is 582 g/mol. The van der Waals surface area contributed by atoms with Crippen LogP contribution in [0.2, 0.25) is 0 Å². The van der Waals surface area contributed by atoms with Gasteiger partial charge in [-0.25, -0.2) is 9.97 Å². The first-order chi connectivity index (χ1) is 17.1. The van der Waals surface area contributed by atoms with Gasteiger partial charge in [-0.05, 0) is 24.3 Å². The molecular formula is C20H14N4O9S4. The average molecular weight is 583 g/mol. The van der Waals surface area contributed by atoms with Gasteiger partial charge in [-0.1, -0.05) is 24.3 Å². The molecule has 0 unspecified atom stereocenters. The summed E-state index contributed by atoms with van der Waals surface area (Å²) in [5.74, 6) is 0.401. The molecule has 0 saturated carbocycles. The van der Waals surface area contributed by atoms with Crippen LogP contribution in [0.4, 0.5) is 0 Å².